The van der Waals surface area contributed by atoms with Crippen molar-refractivity contribution in [2.24, 2.45) is 0 Å². The molecule has 0 amide bonds. The molecule has 0 aliphatic rings. The molecule has 1 aromatic carbocycles. The molecule has 0 spiro atoms. The first-order chi connectivity index (χ1) is 5.24. The molecule has 0 radical (unpaired) electrons. The first-order valence-electron chi connectivity index (χ1n) is 3.60. The maximum Gasteiger partial charge on any atom is 0.0471 e. The van der Waals surface area contributed by atoms with E-state index in [-0.39, 0.29) is 6.61 Å². The van der Waals surface area contributed by atoms with Crippen molar-refractivity contribution in [3.05, 3.63) is 34.3 Å². The lowest BCUT2D eigenvalue weighted by Crippen LogP contribution is -1.91. The Labute approximate surface area is 71.6 Å². The fourth-order valence-corrected chi connectivity index (χ4v) is 1.23. The van der Waals surface area contributed by atoms with E-state index >= 15 is 0 Å². The number of benzene rings is 1. The lowest BCUT2D eigenvalue weighted by atomic mass is 10.1. The van der Waals surface area contributed by atoms with Crippen molar-refractivity contribution in [1.82, 2.24) is 0 Å². The zero-order valence-electron chi connectivity index (χ0n) is 6.47. The molecule has 0 heterocycles. The maximum atomic E-state index is 8.68. The number of aryl methyl sites for hydroxylation is 1. The Morgan fingerprint density at radius 3 is 2.82 bits per heavy atom. The average Bonchev–Trinajstić information content (AvgIpc) is 1.98. The number of halogens is 1. The van der Waals surface area contributed by atoms with Crippen LogP contribution in [0.4, 0.5) is 0 Å². The molecule has 1 nitrogen and oxygen atoms in total. The van der Waals surface area contributed by atoms with Gasteiger partial charge >= 0.3 is 0 Å². The van der Waals surface area contributed by atoms with Gasteiger partial charge in [0.15, 0.2) is 0 Å². The first-order valence-corrected chi connectivity index (χ1v) is 3.97. The number of hydrogen-bond donors (Lipinski definition) is 1. The van der Waals surface area contributed by atoms with Crippen LogP contribution in [0.2, 0.25) is 5.02 Å². The molecule has 0 aromatic heterocycles. The van der Waals surface area contributed by atoms with E-state index in [1.54, 1.807) is 0 Å². The molecule has 11 heavy (non-hydrogen) atoms. The summed E-state index contributed by atoms with van der Waals surface area (Å²) < 4.78 is 0. The quantitative estimate of drug-likeness (QED) is 0.722. The van der Waals surface area contributed by atoms with E-state index in [1.807, 2.05) is 25.1 Å². The van der Waals surface area contributed by atoms with Gasteiger partial charge < -0.3 is 5.11 Å². The van der Waals surface area contributed by atoms with Crippen LogP contribution in [-0.4, -0.2) is 11.7 Å². The van der Waals surface area contributed by atoms with Crippen molar-refractivity contribution >= 4 is 11.6 Å². The molecule has 1 N–H and O–H groups in total. The summed E-state index contributed by atoms with van der Waals surface area (Å²) in [5.74, 6) is 0. The molecule has 1 aromatic rings. The van der Waals surface area contributed by atoms with Gasteiger partial charge in [-0.25, -0.2) is 0 Å². The van der Waals surface area contributed by atoms with Crippen molar-refractivity contribution < 1.29 is 5.11 Å². The summed E-state index contributed by atoms with van der Waals surface area (Å²) in [5, 5.41) is 9.42. The topological polar surface area (TPSA) is 20.2 Å². The number of hydrogen-bond acceptors (Lipinski definition) is 1. The van der Waals surface area contributed by atoms with Gasteiger partial charge in [-0.05, 0) is 25.0 Å². The Bertz CT molecular complexity index is 245. The standard InChI is InChI=1S/C9H11ClO/c1-7-2-3-9(10)8(6-7)4-5-11/h2-3,6,11H,4-5H2,1H3. The summed E-state index contributed by atoms with van der Waals surface area (Å²) >= 11 is 5.86. The SMILES string of the molecule is Cc1ccc(Cl)c(CCO)c1. The summed E-state index contributed by atoms with van der Waals surface area (Å²) in [6, 6.07) is 5.82. The van der Waals surface area contributed by atoms with Gasteiger partial charge in [0.05, 0.1) is 0 Å². The van der Waals surface area contributed by atoms with Crippen molar-refractivity contribution in [2.75, 3.05) is 6.61 Å². The highest BCUT2D eigenvalue weighted by Crippen LogP contribution is 2.17. The van der Waals surface area contributed by atoms with Crippen LogP contribution in [0.3, 0.4) is 0 Å². The molecule has 0 aliphatic heterocycles. The van der Waals surface area contributed by atoms with Gasteiger partial charge in [-0.3, -0.25) is 0 Å². The second kappa shape index (κ2) is 3.74. The van der Waals surface area contributed by atoms with E-state index in [9.17, 15) is 0 Å². The Hall–Kier alpha value is -0.530. The summed E-state index contributed by atoms with van der Waals surface area (Å²) in [7, 11) is 0. The minimum absolute atomic E-state index is 0.156. The predicted octanol–water partition coefficient (Wildman–Crippen LogP) is 2.18. The third kappa shape index (κ3) is 2.21. The number of aliphatic hydroxyl groups excluding tert-OH is 1. The van der Waals surface area contributed by atoms with Crippen LogP contribution in [0.15, 0.2) is 18.2 Å². The van der Waals surface area contributed by atoms with Gasteiger partial charge in [0.2, 0.25) is 0 Å². The van der Waals surface area contributed by atoms with E-state index in [0.29, 0.717) is 6.42 Å². The molecular formula is C9H11ClO. The van der Waals surface area contributed by atoms with Crippen LogP contribution in [0.1, 0.15) is 11.1 Å². The van der Waals surface area contributed by atoms with Crippen LogP contribution in [-0.2, 0) is 6.42 Å². The molecule has 0 saturated carbocycles. The Balaban J connectivity index is 2.93. The molecule has 60 valence electrons. The molecule has 0 aliphatic carbocycles. The van der Waals surface area contributed by atoms with E-state index in [4.69, 9.17) is 16.7 Å². The summed E-state index contributed by atoms with van der Waals surface area (Å²) in [5.41, 5.74) is 2.20. The van der Waals surface area contributed by atoms with Gasteiger partial charge in [0.25, 0.3) is 0 Å². The van der Waals surface area contributed by atoms with Crippen molar-refractivity contribution in [3.63, 3.8) is 0 Å². The van der Waals surface area contributed by atoms with Crippen molar-refractivity contribution in [1.29, 1.82) is 0 Å². The smallest absolute Gasteiger partial charge is 0.0471 e. The fourth-order valence-electron chi connectivity index (χ4n) is 1.02. The van der Waals surface area contributed by atoms with Gasteiger partial charge in [-0.15, -0.1) is 0 Å². The summed E-state index contributed by atoms with van der Waals surface area (Å²) in [4.78, 5) is 0. The Morgan fingerprint density at radius 1 is 1.45 bits per heavy atom. The molecule has 1 rings (SSSR count). The molecule has 0 fully saturated rings. The minimum atomic E-state index is 0.156. The minimum Gasteiger partial charge on any atom is -0.396 e. The Kier molecular flexibility index (Phi) is 2.92. The van der Waals surface area contributed by atoms with Gasteiger partial charge in [0.1, 0.15) is 0 Å². The monoisotopic (exact) mass is 170 g/mol. The zero-order chi connectivity index (χ0) is 8.27. The maximum absolute atomic E-state index is 8.68. The van der Waals surface area contributed by atoms with E-state index < -0.39 is 0 Å². The van der Waals surface area contributed by atoms with Crippen LogP contribution >= 0.6 is 11.6 Å². The third-order valence-electron chi connectivity index (χ3n) is 1.58. The normalized spacial score (nSPS) is 10.1. The van der Waals surface area contributed by atoms with Gasteiger partial charge in [0, 0.05) is 11.6 Å². The number of rotatable bonds is 2. The van der Waals surface area contributed by atoms with E-state index in [2.05, 4.69) is 0 Å². The highest BCUT2D eigenvalue weighted by atomic mass is 35.5. The highest BCUT2D eigenvalue weighted by molar-refractivity contribution is 6.31. The molecule has 0 bridgehead atoms. The number of aliphatic hydroxyl groups is 1. The zero-order valence-corrected chi connectivity index (χ0v) is 7.23. The van der Waals surface area contributed by atoms with Crippen LogP contribution in [0.5, 0.6) is 0 Å². The fraction of sp³-hybridized carbons (Fsp3) is 0.333. The van der Waals surface area contributed by atoms with Crippen LogP contribution in [0.25, 0.3) is 0 Å². The molecule has 0 saturated heterocycles. The van der Waals surface area contributed by atoms with E-state index in [1.165, 1.54) is 5.56 Å². The lowest BCUT2D eigenvalue weighted by Gasteiger charge is -2.02. The van der Waals surface area contributed by atoms with Crippen LogP contribution < -0.4 is 0 Å². The van der Waals surface area contributed by atoms with E-state index in [0.717, 1.165) is 10.6 Å². The summed E-state index contributed by atoms with van der Waals surface area (Å²) in [6.07, 6.45) is 0.639. The molecular weight excluding hydrogens is 160 g/mol. The van der Waals surface area contributed by atoms with Gasteiger partial charge in [-0.2, -0.15) is 0 Å². The second-order valence-electron chi connectivity index (χ2n) is 2.57. The van der Waals surface area contributed by atoms with Gasteiger partial charge in [-0.1, -0.05) is 29.3 Å². The van der Waals surface area contributed by atoms with Crippen molar-refractivity contribution in [2.45, 2.75) is 13.3 Å². The predicted molar refractivity (Wildman–Crippen MR) is 47.0 cm³/mol. The molecule has 0 unspecified atom stereocenters. The third-order valence-corrected chi connectivity index (χ3v) is 1.95. The van der Waals surface area contributed by atoms with Crippen molar-refractivity contribution in [3.8, 4) is 0 Å². The largest absolute Gasteiger partial charge is 0.396 e. The average molecular weight is 171 g/mol. The molecule has 0 atom stereocenters. The molecule has 2 heteroatoms. The first kappa shape index (κ1) is 8.57. The summed E-state index contributed by atoms with van der Waals surface area (Å²) in [6.45, 7) is 2.17. The van der Waals surface area contributed by atoms with Crippen LogP contribution in [0, 0.1) is 6.92 Å². The lowest BCUT2D eigenvalue weighted by molar-refractivity contribution is 0.299. The second-order valence-corrected chi connectivity index (χ2v) is 2.98. The highest BCUT2D eigenvalue weighted by Gasteiger charge is 1.98. The Morgan fingerprint density at radius 2 is 2.18 bits per heavy atom.